The van der Waals surface area contributed by atoms with Crippen LogP contribution in [0.2, 0.25) is 0 Å². The van der Waals surface area contributed by atoms with Crippen LogP contribution in [0.3, 0.4) is 0 Å². The average molecular weight is 264 g/mol. The van der Waals surface area contributed by atoms with Gasteiger partial charge in [-0.2, -0.15) is 0 Å². The number of benzene rings is 1. The number of rotatable bonds is 6. The lowest BCUT2D eigenvalue weighted by atomic mass is 10.1. The third kappa shape index (κ3) is 4.30. The van der Waals surface area contributed by atoms with Gasteiger partial charge in [-0.05, 0) is 62.8 Å². The molecule has 1 heterocycles. The van der Waals surface area contributed by atoms with Crippen LogP contribution in [0.5, 0.6) is 0 Å². The van der Waals surface area contributed by atoms with Crippen LogP contribution in [0.25, 0.3) is 0 Å². The number of nitrogens with one attached hydrogen (secondary N) is 1. The summed E-state index contributed by atoms with van der Waals surface area (Å²) in [6.45, 7) is 4.80. The van der Waals surface area contributed by atoms with E-state index in [1.54, 1.807) is 11.8 Å². The molecule has 1 aromatic carbocycles. The number of nitrogens with zero attached hydrogens (tertiary/aromatic N) is 1. The first kappa shape index (κ1) is 13.9. The average Bonchev–Trinajstić information content (AvgIpc) is 2.90. The van der Waals surface area contributed by atoms with E-state index in [9.17, 15) is 0 Å². The molecule has 0 amide bonds. The Bertz CT molecular complexity index is 344. The van der Waals surface area contributed by atoms with Gasteiger partial charge in [0, 0.05) is 18.0 Å². The summed E-state index contributed by atoms with van der Waals surface area (Å²) in [6.07, 6.45) is 4.62. The molecule has 0 aromatic heterocycles. The molecule has 1 saturated heterocycles. The SMILES string of the molecule is CSc1ccc(CCN(C)CC2CCNC2)cc1. The van der Waals surface area contributed by atoms with Crippen molar-refractivity contribution in [3.05, 3.63) is 29.8 Å². The molecule has 0 aliphatic carbocycles. The van der Waals surface area contributed by atoms with Crippen LogP contribution in [-0.2, 0) is 6.42 Å². The minimum absolute atomic E-state index is 0.855. The standard InChI is InChI=1S/C15H24N2S/c1-17(12-14-7-9-16-11-14)10-8-13-3-5-15(18-2)6-4-13/h3-6,14,16H,7-12H2,1-2H3. The lowest BCUT2D eigenvalue weighted by Crippen LogP contribution is -2.28. The van der Waals surface area contributed by atoms with E-state index in [1.165, 1.54) is 36.5 Å². The van der Waals surface area contributed by atoms with Gasteiger partial charge in [-0.15, -0.1) is 11.8 Å². The Morgan fingerprint density at radius 2 is 2.11 bits per heavy atom. The Kier molecular flexibility index (Phi) is 5.54. The fourth-order valence-corrected chi connectivity index (χ4v) is 2.92. The van der Waals surface area contributed by atoms with E-state index in [0.29, 0.717) is 0 Å². The van der Waals surface area contributed by atoms with Crippen molar-refractivity contribution >= 4 is 11.8 Å². The first-order valence-corrected chi connectivity index (χ1v) is 8.02. The third-order valence-corrected chi connectivity index (χ3v) is 4.42. The van der Waals surface area contributed by atoms with Gasteiger partial charge in [-0.25, -0.2) is 0 Å². The van der Waals surface area contributed by atoms with Crippen molar-refractivity contribution in [2.24, 2.45) is 5.92 Å². The molecule has 0 bridgehead atoms. The van der Waals surface area contributed by atoms with Crippen LogP contribution in [0.15, 0.2) is 29.2 Å². The summed E-state index contributed by atoms with van der Waals surface area (Å²) in [5, 5.41) is 3.44. The molecule has 0 radical (unpaired) electrons. The van der Waals surface area contributed by atoms with E-state index in [1.807, 2.05) is 0 Å². The van der Waals surface area contributed by atoms with Crippen LogP contribution in [0.4, 0.5) is 0 Å². The minimum Gasteiger partial charge on any atom is -0.316 e. The zero-order valence-corrected chi connectivity index (χ0v) is 12.3. The van der Waals surface area contributed by atoms with Crippen molar-refractivity contribution < 1.29 is 0 Å². The lowest BCUT2D eigenvalue weighted by molar-refractivity contribution is 0.288. The Hall–Kier alpha value is -0.510. The highest BCUT2D eigenvalue weighted by Crippen LogP contribution is 2.15. The zero-order chi connectivity index (χ0) is 12.8. The highest BCUT2D eigenvalue weighted by atomic mass is 32.2. The second kappa shape index (κ2) is 7.17. The van der Waals surface area contributed by atoms with Gasteiger partial charge in [-0.3, -0.25) is 0 Å². The second-order valence-electron chi connectivity index (χ2n) is 5.22. The molecule has 1 N–H and O–H groups in total. The monoisotopic (exact) mass is 264 g/mol. The molecule has 1 aliphatic rings. The third-order valence-electron chi connectivity index (χ3n) is 3.67. The molecule has 1 atom stereocenters. The molecule has 18 heavy (non-hydrogen) atoms. The van der Waals surface area contributed by atoms with Crippen LogP contribution < -0.4 is 5.32 Å². The predicted molar refractivity (Wildman–Crippen MR) is 80.4 cm³/mol. The van der Waals surface area contributed by atoms with Crippen LogP contribution in [0.1, 0.15) is 12.0 Å². The normalized spacial score (nSPS) is 19.6. The summed E-state index contributed by atoms with van der Waals surface area (Å²) < 4.78 is 0. The molecule has 0 spiro atoms. The van der Waals surface area contributed by atoms with Gasteiger partial charge in [0.1, 0.15) is 0 Å². The fraction of sp³-hybridized carbons (Fsp3) is 0.600. The van der Waals surface area contributed by atoms with Crippen molar-refractivity contribution in [2.45, 2.75) is 17.7 Å². The molecule has 2 rings (SSSR count). The van der Waals surface area contributed by atoms with Gasteiger partial charge in [0.2, 0.25) is 0 Å². The van der Waals surface area contributed by atoms with Crippen LogP contribution in [0, 0.1) is 5.92 Å². The molecule has 0 saturated carbocycles. The Morgan fingerprint density at radius 3 is 2.72 bits per heavy atom. The van der Waals surface area contributed by atoms with E-state index >= 15 is 0 Å². The van der Waals surface area contributed by atoms with Crippen molar-refractivity contribution in [2.75, 3.05) is 39.5 Å². The summed E-state index contributed by atoms with van der Waals surface area (Å²) in [6, 6.07) is 8.97. The number of thioether (sulfide) groups is 1. The molecule has 3 heteroatoms. The Morgan fingerprint density at radius 1 is 1.33 bits per heavy atom. The molecule has 1 fully saturated rings. The molecule has 2 nitrogen and oxygen atoms in total. The quantitative estimate of drug-likeness (QED) is 0.795. The van der Waals surface area contributed by atoms with Gasteiger partial charge in [0.05, 0.1) is 0 Å². The fourth-order valence-electron chi connectivity index (χ4n) is 2.51. The van der Waals surface area contributed by atoms with E-state index in [2.05, 4.69) is 47.8 Å². The maximum atomic E-state index is 3.44. The van der Waals surface area contributed by atoms with Gasteiger partial charge < -0.3 is 10.2 Å². The second-order valence-corrected chi connectivity index (χ2v) is 6.10. The largest absolute Gasteiger partial charge is 0.316 e. The van der Waals surface area contributed by atoms with Gasteiger partial charge >= 0.3 is 0 Å². The first-order chi connectivity index (χ1) is 8.78. The van der Waals surface area contributed by atoms with Crippen molar-refractivity contribution in [3.63, 3.8) is 0 Å². The van der Waals surface area contributed by atoms with E-state index < -0.39 is 0 Å². The number of hydrogen-bond donors (Lipinski definition) is 1. The van der Waals surface area contributed by atoms with Crippen molar-refractivity contribution in [1.29, 1.82) is 0 Å². The molecule has 1 aliphatic heterocycles. The minimum atomic E-state index is 0.855. The topological polar surface area (TPSA) is 15.3 Å². The predicted octanol–water partition coefficient (Wildman–Crippen LogP) is 2.49. The molecular weight excluding hydrogens is 240 g/mol. The zero-order valence-electron chi connectivity index (χ0n) is 11.5. The maximum absolute atomic E-state index is 3.44. The highest BCUT2D eigenvalue weighted by molar-refractivity contribution is 7.98. The summed E-state index contributed by atoms with van der Waals surface area (Å²) >= 11 is 1.81. The van der Waals surface area contributed by atoms with Crippen LogP contribution >= 0.6 is 11.8 Å². The molecule has 1 unspecified atom stereocenters. The van der Waals surface area contributed by atoms with Crippen molar-refractivity contribution in [3.8, 4) is 0 Å². The van der Waals surface area contributed by atoms with E-state index in [0.717, 1.165) is 18.9 Å². The van der Waals surface area contributed by atoms with E-state index in [4.69, 9.17) is 0 Å². The Balaban J connectivity index is 1.72. The lowest BCUT2D eigenvalue weighted by Gasteiger charge is -2.20. The molecular formula is C15H24N2S. The smallest absolute Gasteiger partial charge is 0.00693 e. The summed E-state index contributed by atoms with van der Waals surface area (Å²) in [4.78, 5) is 3.82. The van der Waals surface area contributed by atoms with Gasteiger partial charge in [0.15, 0.2) is 0 Å². The number of hydrogen-bond acceptors (Lipinski definition) is 3. The number of likely N-dealkylation sites (N-methyl/N-ethyl adjacent to an activating group) is 1. The molecule has 100 valence electrons. The summed E-state index contributed by atoms with van der Waals surface area (Å²) in [5.41, 5.74) is 1.45. The van der Waals surface area contributed by atoms with Gasteiger partial charge in [-0.1, -0.05) is 12.1 Å². The van der Waals surface area contributed by atoms with Crippen molar-refractivity contribution in [1.82, 2.24) is 10.2 Å². The van der Waals surface area contributed by atoms with E-state index in [-0.39, 0.29) is 0 Å². The maximum Gasteiger partial charge on any atom is 0.00693 e. The summed E-state index contributed by atoms with van der Waals surface area (Å²) in [5.74, 6) is 0.855. The molecule has 1 aromatic rings. The van der Waals surface area contributed by atoms with Crippen LogP contribution in [-0.4, -0.2) is 44.4 Å². The Labute approximate surface area is 115 Å². The van der Waals surface area contributed by atoms with Gasteiger partial charge in [0.25, 0.3) is 0 Å². The summed E-state index contributed by atoms with van der Waals surface area (Å²) in [7, 11) is 2.24. The first-order valence-electron chi connectivity index (χ1n) is 6.80. The highest BCUT2D eigenvalue weighted by Gasteiger charge is 2.15.